The number of methoxy groups -OCH3 is 2. The van der Waals surface area contributed by atoms with Gasteiger partial charge in [-0.25, -0.2) is 0 Å². The van der Waals surface area contributed by atoms with E-state index in [1.807, 2.05) is 12.1 Å². The predicted octanol–water partition coefficient (Wildman–Crippen LogP) is 7.39. The van der Waals surface area contributed by atoms with Crippen LogP contribution in [0.4, 0.5) is 0 Å². The van der Waals surface area contributed by atoms with Gasteiger partial charge in [0.15, 0.2) is 13.6 Å². The van der Waals surface area contributed by atoms with E-state index >= 15 is 0 Å². The Hall–Kier alpha value is -0.470. The maximum absolute atomic E-state index is 6.12. The number of ether oxygens (including phenoxy) is 4. The van der Waals surface area contributed by atoms with E-state index in [0.717, 1.165) is 40.0 Å². The van der Waals surface area contributed by atoms with Gasteiger partial charge >= 0.3 is 0 Å². The molecule has 0 bridgehead atoms. The second-order valence-electron chi connectivity index (χ2n) is 7.66. The fraction of sp³-hybridized carbons (Fsp3) is 0.280. The van der Waals surface area contributed by atoms with Crippen LogP contribution in [0.5, 0.6) is 11.5 Å². The Balaban J connectivity index is 2.43. The predicted molar refractivity (Wildman–Crippen MR) is 155 cm³/mol. The largest absolute Gasteiger partial charge is 0.466 e. The Labute approximate surface area is 236 Å². The van der Waals surface area contributed by atoms with Crippen molar-refractivity contribution < 1.29 is 18.9 Å². The summed E-state index contributed by atoms with van der Waals surface area (Å²) in [5, 5.41) is 3.33. The first-order valence-corrected chi connectivity index (χ1v) is 14.8. The van der Waals surface area contributed by atoms with Gasteiger partial charge in [0.05, 0.1) is 8.95 Å². The lowest BCUT2D eigenvalue weighted by Crippen LogP contribution is -2.28. The van der Waals surface area contributed by atoms with Crippen LogP contribution < -0.4 is 25.4 Å². The van der Waals surface area contributed by atoms with E-state index in [2.05, 4.69) is 109 Å². The average molecular weight is 740 g/mol. The molecule has 3 rings (SSSR count). The normalized spacial score (nSPS) is 11.2. The lowest BCUT2D eigenvalue weighted by molar-refractivity contribution is 0.0513. The van der Waals surface area contributed by atoms with Gasteiger partial charge < -0.3 is 18.9 Å². The molecule has 0 unspecified atom stereocenters. The van der Waals surface area contributed by atoms with E-state index in [0.29, 0.717) is 0 Å². The molecule has 0 atom stereocenters. The number of halogens is 4. The van der Waals surface area contributed by atoms with Crippen LogP contribution in [0.1, 0.15) is 16.7 Å². The lowest BCUT2D eigenvalue weighted by atomic mass is 10.1. The second kappa shape index (κ2) is 12.7. The van der Waals surface area contributed by atoms with Crippen LogP contribution in [-0.4, -0.2) is 27.8 Å². The highest BCUT2D eigenvalue weighted by Gasteiger charge is 2.30. The van der Waals surface area contributed by atoms with Crippen LogP contribution in [0.2, 0.25) is 0 Å². The van der Waals surface area contributed by atoms with Crippen LogP contribution >= 0.6 is 71.6 Å². The van der Waals surface area contributed by atoms with Crippen molar-refractivity contribution in [1.82, 2.24) is 0 Å². The molecule has 3 aromatic rings. The summed E-state index contributed by atoms with van der Waals surface area (Å²) in [4.78, 5) is 0. The molecule has 0 N–H and O–H groups in total. The molecule has 0 aliphatic carbocycles. The van der Waals surface area contributed by atoms with Gasteiger partial charge in [-0.3, -0.25) is 0 Å². The van der Waals surface area contributed by atoms with Gasteiger partial charge in [-0.1, -0.05) is 49.6 Å². The number of hydrogen-bond donors (Lipinski definition) is 0. The maximum atomic E-state index is 6.12. The van der Waals surface area contributed by atoms with E-state index in [-0.39, 0.29) is 13.6 Å². The smallest absolute Gasteiger partial charge is 0.188 e. The summed E-state index contributed by atoms with van der Waals surface area (Å²) in [6.45, 7) is 6.72. The summed E-state index contributed by atoms with van der Waals surface area (Å²) in [7, 11) is 2.11. The molecule has 0 saturated heterocycles. The molecule has 4 nitrogen and oxygen atoms in total. The first kappa shape index (κ1) is 28.1. The van der Waals surface area contributed by atoms with Crippen molar-refractivity contribution in [3.8, 4) is 11.5 Å². The average Bonchev–Trinajstić information content (AvgIpc) is 2.74. The van der Waals surface area contributed by atoms with E-state index in [1.165, 1.54) is 22.0 Å². The molecule has 3 aromatic carbocycles. The van der Waals surface area contributed by atoms with Gasteiger partial charge in [-0.2, -0.15) is 0 Å². The zero-order valence-electron chi connectivity index (χ0n) is 19.5. The van der Waals surface area contributed by atoms with Crippen molar-refractivity contribution in [2.75, 3.05) is 27.8 Å². The minimum atomic E-state index is -1.12. The first-order valence-electron chi connectivity index (χ1n) is 10.3. The summed E-state index contributed by atoms with van der Waals surface area (Å²) >= 11 is 14.8. The lowest BCUT2D eigenvalue weighted by Gasteiger charge is -2.28. The molecule has 0 heterocycles. The van der Waals surface area contributed by atoms with E-state index in [9.17, 15) is 0 Å². The van der Waals surface area contributed by atoms with Crippen molar-refractivity contribution >= 4 is 87.6 Å². The van der Waals surface area contributed by atoms with Gasteiger partial charge in [0, 0.05) is 33.8 Å². The van der Waals surface area contributed by atoms with Gasteiger partial charge in [0.1, 0.15) is 11.5 Å². The Kier molecular flexibility index (Phi) is 10.5. The first-order chi connectivity index (χ1) is 16.2. The second-order valence-corrected chi connectivity index (χ2v) is 13.3. The monoisotopic (exact) mass is 736 g/mol. The van der Waals surface area contributed by atoms with Gasteiger partial charge in [0.2, 0.25) is 0 Å². The molecule has 0 aliphatic heterocycles. The fourth-order valence-electron chi connectivity index (χ4n) is 3.84. The molecule has 182 valence electrons. The van der Waals surface area contributed by atoms with Crippen molar-refractivity contribution in [2.24, 2.45) is 0 Å². The Morgan fingerprint density at radius 2 is 1.06 bits per heavy atom. The van der Waals surface area contributed by atoms with Crippen LogP contribution in [0.15, 0.2) is 54.3 Å². The summed E-state index contributed by atoms with van der Waals surface area (Å²) in [6, 6.07) is 12.7. The maximum Gasteiger partial charge on any atom is 0.188 e. The Bertz CT molecular complexity index is 1100. The molecule has 0 fully saturated rings. The zero-order chi connectivity index (χ0) is 25.0. The van der Waals surface area contributed by atoms with Gasteiger partial charge in [0.25, 0.3) is 0 Å². The molecule has 0 amide bonds. The molecular formula is C25H25Br4O4P. The minimum Gasteiger partial charge on any atom is -0.466 e. The SMILES string of the molecule is COCOc1c(Br)cc(Br)cc1P(c1cc(Br)cc(Br)c1OCOC)c1c(C)cc(C)cc1C. The number of aryl methyl sites for hydroxylation is 3. The number of hydrogen-bond acceptors (Lipinski definition) is 4. The summed E-state index contributed by atoms with van der Waals surface area (Å²) in [5.41, 5.74) is 3.66. The highest BCUT2D eigenvalue weighted by Crippen LogP contribution is 2.46. The van der Waals surface area contributed by atoms with Crippen LogP contribution in [-0.2, 0) is 9.47 Å². The van der Waals surface area contributed by atoms with Crippen LogP contribution in [0.25, 0.3) is 0 Å². The standard InChI is InChI=1S/C25H25Br4O4P/c1-14-6-15(2)25(16(3)7-14)34(21-10-17(26)8-19(28)23(21)32-12-30-4)22-11-18(27)9-20(29)24(22)33-13-31-5/h6-11H,12-13H2,1-5H3. The fourth-order valence-corrected chi connectivity index (χ4v) is 10.1. The molecule has 34 heavy (non-hydrogen) atoms. The third-order valence-electron chi connectivity index (χ3n) is 4.96. The van der Waals surface area contributed by atoms with Crippen LogP contribution in [0, 0.1) is 20.8 Å². The van der Waals surface area contributed by atoms with Gasteiger partial charge in [-0.05, 0) is 101 Å². The molecular weight excluding hydrogens is 715 g/mol. The minimum absolute atomic E-state index is 0.136. The van der Waals surface area contributed by atoms with Crippen molar-refractivity contribution in [2.45, 2.75) is 20.8 Å². The third kappa shape index (κ3) is 6.44. The van der Waals surface area contributed by atoms with E-state index in [4.69, 9.17) is 18.9 Å². The summed E-state index contributed by atoms with van der Waals surface area (Å²) in [5.74, 6) is 1.48. The number of benzene rings is 3. The van der Waals surface area contributed by atoms with Crippen molar-refractivity contribution in [3.63, 3.8) is 0 Å². The molecule has 0 radical (unpaired) electrons. The Morgan fingerprint density at radius 1 is 0.647 bits per heavy atom. The number of rotatable bonds is 9. The van der Waals surface area contributed by atoms with Crippen LogP contribution in [0.3, 0.4) is 0 Å². The molecule has 9 heteroatoms. The molecule has 0 spiro atoms. The highest BCUT2D eigenvalue weighted by molar-refractivity contribution is 9.11. The van der Waals surface area contributed by atoms with Crippen molar-refractivity contribution in [1.29, 1.82) is 0 Å². The molecule has 0 aromatic heterocycles. The van der Waals surface area contributed by atoms with E-state index in [1.54, 1.807) is 14.2 Å². The Morgan fingerprint density at radius 3 is 1.44 bits per heavy atom. The molecule has 0 aliphatic rings. The summed E-state index contributed by atoms with van der Waals surface area (Å²) in [6.07, 6.45) is 0. The summed E-state index contributed by atoms with van der Waals surface area (Å²) < 4.78 is 26.3. The third-order valence-corrected chi connectivity index (χ3v) is 9.83. The van der Waals surface area contributed by atoms with Gasteiger partial charge in [-0.15, -0.1) is 0 Å². The van der Waals surface area contributed by atoms with E-state index < -0.39 is 7.92 Å². The van der Waals surface area contributed by atoms with Crippen molar-refractivity contribution in [3.05, 3.63) is 71.0 Å². The highest BCUT2D eigenvalue weighted by atomic mass is 79.9. The topological polar surface area (TPSA) is 36.9 Å². The zero-order valence-corrected chi connectivity index (χ0v) is 26.7. The molecule has 0 saturated carbocycles. The quantitative estimate of drug-likeness (QED) is 0.170.